The summed E-state index contributed by atoms with van der Waals surface area (Å²) < 4.78 is 16.2. The molecule has 0 aliphatic rings. The molecule has 0 aliphatic heterocycles. The van der Waals surface area contributed by atoms with Crippen LogP contribution in [0, 0.1) is 0 Å². The highest BCUT2D eigenvalue weighted by molar-refractivity contribution is 5.67. The monoisotopic (exact) mass is 395 g/mol. The Balaban J connectivity index is 1.82. The fourth-order valence-electron chi connectivity index (χ4n) is 2.78. The molecule has 0 atom stereocenters. The van der Waals surface area contributed by atoms with Gasteiger partial charge >= 0.3 is 0 Å². The average molecular weight is 395 g/mol. The predicted molar refractivity (Wildman–Crippen MR) is 115 cm³/mol. The van der Waals surface area contributed by atoms with E-state index >= 15 is 0 Å². The van der Waals surface area contributed by atoms with E-state index in [4.69, 9.17) is 14.2 Å². The van der Waals surface area contributed by atoms with Crippen molar-refractivity contribution >= 4 is 28.8 Å². The Kier molecular flexibility index (Phi) is 6.23. The number of nitrogens with one attached hydrogen (secondary N) is 2. The Morgan fingerprint density at radius 1 is 0.828 bits per heavy atom. The molecule has 0 aliphatic carbocycles. The van der Waals surface area contributed by atoms with E-state index in [2.05, 4.69) is 20.6 Å². The minimum atomic E-state index is 0.485. The van der Waals surface area contributed by atoms with Gasteiger partial charge in [0.05, 0.1) is 21.3 Å². The Bertz CT molecular complexity index is 953. The van der Waals surface area contributed by atoms with Gasteiger partial charge in [0.1, 0.15) is 5.82 Å². The summed E-state index contributed by atoms with van der Waals surface area (Å²) in [5.41, 5.74) is 2.74. The summed E-state index contributed by atoms with van der Waals surface area (Å²) in [5, 5.41) is 6.48. The number of anilines is 5. The topological polar surface area (TPSA) is 80.8 Å². The zero-order valence-electron chi connectivity index (χ0n) is 17.2. The van der Waals surface area contributed by atoms with E-state index in [0.717, 1.165) is 17.1 Å². The summed E-state index contributed by atoms with van der Waals surface area (Å²) in [6.45, 7) is 0. The van der Waals surface area contributed by atoms with E-state index in [1.807, 2.05) is 55.4 Å². The average Bonchev–Trinajstić information content (AvgIpc) is 2.73. The first-order valence-electron chi connectivity index (χ1n) is 8.98. The normalized spacial score (nSPS) is 10.2. The minimum Gasteiger partial charge on any atom is -0.493 e. The van der Waals surface area contributed by atoms with Gasteiger partial charge in [0, 0.05) is 49.5 Å². The molecule has 2 aromatic carbocycles. The van der Waals surface area contributed by atoms with E-state index in [-0.39, 0.29) is 0 Å². The molecule has 3 rings (SSSR count). The first-order valence-corrected chi connectivity index (χ1v) is 8.98. The van der Waals surface area contributed by atoms with E-state index < -0.39 is 0 Å². The second-order valence-electron chi connectivity index (χ2n) is 6.37. The third kappa shape index (κ3) is 4.78. The largest absolute Gasteiger partial charge is 0.493 e. The van der Waals surface area contributed by atoms with Gasteiger partial charge in [-0.05, 0) is 24.3 Å². The predicted octanol–water partition coefficient (Wildman–Crippen LogP) is 4.06. The molecule has 2 N–H and O–H groups in total. The van der Waals surface area contributed by atoms with E-state index in [1.54, 1.807) is 33.6 Å². The van der Waals surface area contributed by atoms with Gasteiger partial charge in [-0.25, -0.2) is 4.98 Å². The molecular formula is C21H25N5O3. The summed E-state index contributed by atoms with van der Waals surface area (Å²) in [7, 11) is 8.72. The Morgan fingerprint density at radius 3 is 2.17 bits per heavy atom. The van der Waals surface area contributed by atoms with Crippen molar-refractivity contribution in [3.05, 3.63) is 48.7 Å². The molecule has 152 valence electrons. The maximum absolute atomic E-state index is 5.40. The quantitative estimate of drug-likeness (QED) is 0.591. The molecule has 0 unspecified atom stereocenters. The first kappa shape index (κ1) is 20.1. The van der Waals surface area contributed by atoms with Crippen LogP contribution in [0.25, 0.3) is 0 Å². The Morgan fingerprint density at radius 2 is 1.55 bits per heavy atom. The molecule has 0 spiro atoms. The molecule has 0 bridgehead atoms. The van der Waals surface area contributed by atoms with E-state index in [9.17, 15) is 0 Å². The maximum atomic E-state index is 5.40. The van der Waals surface area contributed by atoms with Crippen LogP contribution in [0.5, 0.6) is 17.2 Å². The van der Waals surface area contributed by atoms with Gasteiger partial charge in [-0.1, -0.05) is 6.07 Å². The van der Waals surface area contributed by atoms with E-state index in [1.165, 1.54) is 0 Å². The van der Waals surface area contributed by atoms with Gasteiger partial charge in [-0.2, -0.15) is 4.98 Å². The van der Waals surface area contributed by atoms with Gasteiger partial charge in [-0.3, -0.25) is 0 Å². The van der Waals surface area contributed by atoms with Crippen molar-refractivity contribution in [3.8, 4) is 17.2 Å². The molecule has 8 nitrogen and oxygen atoms in total. The van der Waals surface area contributed by atoms with Gasteiger partial charge in [0.2, 0.25) is 11.7 Å². The Labute approximate surface area is 170 Å². The van der Waals surface area contributed by atoms with Crippen molar-refractivity contribution < 1.29 is 14.2 Å². The van der Waals surface area contributed by atoms with Crippen molar-refractivity contribution in [2.45, 2.75) is 0 Å². The molecule has 0 fully saturated rings. The number of methoxy groups -OCH3 is 3. The van der Waals surface area contributed by atoms with Gasteiger partial charge in [0.25, 0.3) is 0 Å². The highest BCUT2D eigenvalue weighted by atomic mass is 16.5. The second kappa shape index (κ2) is 9.01. The summed E-state index contributed by atoms with van der Waals surface area (Å²) in [5.74, 6) is 2.76. The number of hydrogen-bond donors (Lipinski definition) is 2. The molecule has 0 saturated heterocycles. The molecule has 8 heteroatoms. The smallest absolute Gasteiger partial charge is 0.229 e. The zero-order valence-corrected chi connectivity index (χ0v) is 17.2. The van der Waals surface area contributed by atoms with Crippen molar-refractivity contribution in [2.24, 2.45) is 0 Å². The molecular weight excluding hydrogens is 370 g/mol. The van der Waals surface area contributed by atoms with Gasteiger partial charge in [0.15, 0.2) is 11.5 Å². The van der Waals surface area contributed by atoms with Crippen LogP contribution in [0.1, 0.15) is 0 Å². The number of aromatic nitrogens is 2. The molecule has 0 saturated carbocycles. The number of hydrogen-bond acceptors (Lipinski definition) is 8. The van der Waals surface area contributed by atoms with Crippen LogP contribution < -0.4 is 29.7 Å². The van der Waals surface area contributed by atoms with Crippen LogP contribution in [0.3, 0.4) is 0 Å². The molecule has 1 heterocycles. The Hall–Kier alpha value is -3.68. The molecule has 0 amide bonds. The highest BCUT2D eigenvalue weighted by Gasteiger charge is 2.13. The maximum Gasteiger partial charge on any atom is 0.229 e. The van der Waals surface area contributed by atoms with Crippen LogP contribution in [0.15, 0.2) is 48.7 Å². The van der Waals surface area contributed by atoms with Crippen LogP contribution in [0.4, 0.5) is 28.8 Å². The number of rotatable bonds is 8. The van der Waals surface area contributed by atoms with Gasteiger partial charge < -0.3 is 29.7 Å². The third-order valence-electron chi connectivity index (χ3n) is 4.21. The summed E-state index contributed by atoms with van der Waals surface area (Å²) in [4.78, 5) is 10.9. The fourth-order valence-corrected chi connectivity index (χ4v) is 2.78. The lowest BCUT2D eigenvalue weighted by Crippen LogP contribution is -2.08. The zero-order chi connectivity index (χ0) is 20.8. The molecule has 29 heavy (non-hydrogen) atoms. The first-order chi connectivity index (χ1) is 14.0. The number of nitrogens with zero attached hydrogens (tertiary/aromatic N) is 3. The lowest BCUT2D eigenvalue weighted by Gasteiger charge is -2.15. The number of ether oxygens (including phenoxy) is 3. The SMILES string of the molecule is COc1cc(Nc2ccnc(Nc3cccc(N(C)C)c3)n2)cc(OC)c1OC. The molecule has 0 radical (unpaired) electrons. The van der Waals surface area contributed by atoms with Crippen molar-refractivity contribution in [1.29, 1.82) is 0 Å². The third-order valence-corrected chi connectivity index (χ3v) is 4.21. The second-order valence-corrected chi connectivity index (χ2v) is 6.37. The lowest BCUT2D eigenvalue weighted by atomic mass is 10.2. The van der Waals surface area contributed by atoms with E-state index in [0.29, 0.717) is 29.0 Å². The van der Waals surface area contributed by atoms with Crippen molar-refractivity contribution in [2.75, 3.05) is 51.0 Å². The van der Waals surface area contributed by atoms with Gasteiger partial charge in [-0.15, -0.1) is 0 Å². The fraction of sp³-hybridized carbons (Fsp3) is 0.238. The molecule has 1 aromatic heterocycles. The van der Waals surface area contributed by atoms with Crippen molar-refractivity contribution in [1.82, 2.24) is 9.97 Å². The van der Waals surface area contributed by atoms with Crippen LogP contribution in [-0.4, -0.2) is 45.4 Å². The van der Waals surface area contributed by atoms with Crippen LogP contribution in [0.2, 0.25) is 0 Å². The van der Waals surface area contributed by atoms with Crippen LogP contribution in [-0.2, 0) is 0 Å². The van der Waals surface area contributed by atoms with Crippen LogP contribution >= 0.6 is 0 Å². The summed E-state index contributed by atoms with van der Waals surface area (Å²) in [6, 6.07) is 13.4. The summed E-state index contributed by atoms with van der Waals surface area (Å²) >= 11 is 0. The lowest BCUT2D eigenvalue weighted by molar-refractivity contribution is 0.324. The summed E-state index contributed by atoms with van der Waals surface area (Å²) in [6.07, 6.45) is 1.69. The molecule has 3 aromatic rings. The van der Waals surface area contributed by atoms with Crippen molar-refractivity contribution in [3.63, 3.8) is 0 Å². The highest BCUT2D eigenvalue weighted by Crippen LogP contribution is 2.40. The minimum absolute atomic E-state index is 0.485. The number of benzene rings is 2. The standard InChI is InChI=1S/C21H25N5O3/c1-26(2)16-8-6-7-14(11-16)24-21-22-10-9-19(25-21)23-15-12-17(27-3)20(29-5)18(13-15)28-4/h6-13H,1-5H3,(H2,22,23,24,25).